The lowest BCUT2D eigenvalue weighted by molar-refractivity contribution is -0.132. The summed E-state index contributed by atoms with van der Waals surface area (Å²) in [5, 5.41) is 0. The molecule has 5 heteroatoms. The molecular formula is C15H20N2O2S. The SMILES string of the molecule is CCC1CCN(C(=O)COc2ccccc2C(N)=S)C1. The highest BCUT2D eigenvalue weighted by molar-refractivity contribution is 7.80. The minimum atomic E-state index is 0.0266. The van der Waals surface area contributed by atoms with Gasteiger partial charge in [0.05, 0.1) is 5.56 Å². The number of likely N-dealkylation sites (tertiary alicyclic amines) is 1. The summed E-state index contributed by atoms with van der Waals surface area (Å²) in [4.78, 5) is 14.2. The second-order valence-electron chi connectivity index (χ2n) is 5.05. The van der Waals surface area contributed by atoms with Crippen molar-refractivity contribution in [3.63, 3.8) is 0 Å². The fraction of sp³-hybridized carbons (Fsp3) is 0.467. The molecular weight excluding hydrogens is 272 g/mol. The predicted octanol–water partition coefficient (Wildman–Crippen LogP) is 1.96. The Morgan fingerprint density at radius 2 is 2.25 bits per heavy atom. The number of benzene rings is 1. The lowest BCUT2D eigenvalue weighted by Gasteiger charge is -2.17. The predicted molar refractivity (Wildman–Crippen MR) is 82.8 cm³/mol. The Morgan fingerprint density at radius 1 is 1.50 bits per heavy atom. The van der Waals surface area contributed by atoms with Crippen LogP contribution in [0.2, 0.25) is 0 Å². The summed E-state index contributed by atoms with van der Waals surface area (Å²) >= 11 is 4.97. The molecule has 0 saturated carbocycles. The summed E-state index contributed by atoms with van der Waals surface area (Å²) in [6, 6.07) is 7.26. The van der Waals surface area contributed by atoms with Crippen molar-refractivity contribution >= 4 is 23.1 Å². The van der Waals surface area contributed by atoms with E-state index in [0.717, 1.165) is 25.9 Å². The first-order valence-electron chi connectivity index (χ1n) is 6.91. The molecule has 1 aromatic rings. The van der Waals surface area contributed by atoms with Gasteiger partial charge in [0.1, 0.15) is 10.7 Å². The van der Waals surface area contributed by atoms with Crippen LogP contribution >= 0.6 is 12.2 Å². The molecule has 1 aliphatic rings. The Bertz CT molecular complexity index is 504. The topological polar surface area (TPSA) is 55.6 Å². The minimum absolute atomic E-state index is 0.0266. The molecule has 1 heterocycles. The van der Waals surface area contributed by atoms with Crippen molar-refractivity contribution in [1.82, 2.24) is 4.90 Å². The average Bonchev–Trinajstić information content (AvgIpc) is 2.94. The van der Waals surface area contributed by atoms with Gasteiger partial charge in [-0.25, -0.2) is 0 Å². The van der Waals surface area contributed by atoms with Gasteiger partial charge in [-0.3, -0.25) is 4.79 Å². The van der Waals surface area contributed by atoms with Crippen molar-refractivity contribution in [2.24, 2.45) is 11.7 Å². The van der Waals surface area contributed by atoms with E-state index in [2.05, 4.69) is 6.92 Å². The molecule has 1 aromatic carbocycles. The highest BCUT2D eigenvalue weighted by atomic mass is 32.1. The number of nitrogens with zero attached hydrogens (tertiary/aromatic N) is 1. The average molecular weight is 292 g/mol. The number of para-hydroxylation sites is 1. The number of thiocarbonyl (C=S) groups is 1. The van der Waals surface area contributed by atoms with Crippen LogP contribution in [0.4, 0.5) is 0 Å². The molecule has 0 spiro atoms. The Hall–Kier alpha value is -1.62. The molecule has 1 amide bonds. The molecule has 0 aliphatic carbocycles. The highest BCUT2D eigenvalue weighted by Crippen LogP contribution is 2.20. The number of ether oxygens (including phenoxy) is 1. The first kappa shape index (κ1) is 14.8. The zero-order valence-electron chi connectivity index (χ0n) is 11.7. The van der Waals surface area contributed by atoms with Crippen LogP contribution in [0.25, 0.3) is 0 Å². The minimum Gasteiger partial charge on any atom is -0.483 e. The molecule has 1 saturated heterocycles. The van der Waals surface area contributed by atoms with E-state index >= 15 is 0 Å². The lowest BCUT2D eigenvalue weighted by Crippen LogP contribution is -2.33. The zero-order chi connectivity index (χ0) is 14.5. The van der Waals surface area contributed by atoms with Gasteiger partial charge in [-0.05, 0) is 24.5 Å². The van der Waals surface area contributed by atoms with Crippen LogP contribution < -0.4 is 10.5 Å². The smallest absolute Gasteiger partial charge is 0.260 e. The van der Waals surface area contributed by atoms with Gasteiger partial charge < -0.3 is 15.4 Å². The molecule has 0 radical (unpaired) electrons. The van der Waals surface area contributed by atoms with Crippen LogP contribution in [0.3, 0.4) is 0 Å². The molecule has 0 bridgehead atoms. The second-order valence-corrected chi connectivity index (χ2v) is 5.49. The number of hydrogen-bond acceptors (Lipinski definition) is 3. The van der Waals surface area contributed by atoms with Crippen molar-refractivity contribution < 1.29 is 9.53 Å². The molecule has 1 atom stereocenters. The quantitative estimate of drug-likeness (QED) is 0.843. The van der Waals surface area contributed by atoms with Crippen LogP contribution in [0, 0.1) is 5.92 Å². The standard InChI is InChI=1S/C15H20N2O2S/c1-2-11-7-8-17(9-11)14(18)10-19-13-6-4-3-5-12(13)15(16)20/h3-6,11H,2,7-10H2,1H3,(H2,16,20). The van der Waals surface area contributed by atoms with E-state index in [4.69, 9.17) is 22.7 Å². The van der Waals surface area contributed by atoms with Crippen LogP contribution in [0.1, 0.15) is 25.3 Å². The third-order valence-corrected chi connectivity index (χ3v) is 3.94. The van der Waals surface area contributed by atoms with Crippen LogP contribution in [0.15, 0.2) is 24.3 Å². The first-order valence-corrected chi connectivity index (χ1v) is 7.32. The molecule has 2 rings (SSSR count). The van der Waals surface area contributed by atoms with Gasteiger partial charge in [0.15, 0.2) is 6.61 Å². The molecule has 1 fully saturated rings. The second kappa shape index (κ2) is 6.70. The monoisotopic (exact) mass is 292 g/mol. The Labute approximate surface area is 124 Å². The van der Waals surface area contributed by atoms with Crippen molar-refractivity contribution in [2.75, 3.05) is 19.7 Å². The van der Waals surface area contributed by atoms with Gasteiger partial charge in [0.2, 0.25) is 0 Å². The van der Waals surface area contributed by atoms with E-state index in [1.54, 1.807) is 12.1 Å². The summed E-state index contributed by atoms with van der Waals surface area (Å²) < 4.78 is 5.58. The number of carbonyl (C=O) groups excluding carboxylic acids is 1. The maximum atomic E-state index is 12.1. The molecule has 1 unspecified atom stereocenters. The van der Waals surface area contributed by atoms with Gasteiger partial charge in [-0.15, -0.1) is 0 Å². The van der Waals surface area contributed by atoms with Crippen LogP contribution in [0.5, 0.6) is 5.75 Å². The summed E-state index contributed by atoms with van der Waals surface area (Å²) in [5.41, 5.74) is 6.30. The fourth-order valence-electron chi connectivity index (χ4n) is 2.42. The molecule has 0 aromatic heterocycles. The normalized spacial score (nSPS) is 18.1. The summed E-state index contributed by atoms with van der Waals surface area (Å²) in [5.74, 6) is 1.22. The number of nitrogens with two attached hydrogens (primary N) is 1. The van der Waals surface area contributed by atoms with Crippen LogP contribution in [-0.4, -0.2) is 35.5 Å². The number of rotatable bonds is 5. The van der Waals surface area contributed by atoms with Gasteiger partial charge in [0, 0.05) is 13.1 Å². The van der Waals surface area contributed by atoms with Gasteiger partial charge in [0.25, 0.3) is 5.91 Å². The van der Waals surface area contributed by atoms with E-state index < -0.39 is 0 Å². The van der Waals surface area contributed by atoms with E-state index in [1.165, 1.54) is 0 Å². The van der Waals surface area contributed by atoms with E-state index in [-0.39, 0.29) is 17.5 Å². The fourth-order valence-corrected chi connectivity index (χ4v) is 2.59. The molecule has 108 valence electrons. The Balaban J connectivity index is 1.92. The maximum absolute atomic E-state index is 12.1. The Morgan fingerprint density at radius 3 is 2.90 bits per heavy atom. The lowest BCUT2D eigenvalue weighted by atomic mass is 10.1. The van der Waals surface area contributed by atoms with E-state index in [0.29, 0.717) is 17.2 Å². The van der Waals surface area contributed by atoms with Gasteiger partial charge >= 0.3 is 0 Å². The number of hydrogen-bond donors (Lipinski definition) is 1. The molecule has 1 aliphatic heterocycles. The van der Waals surface area contributed by atoms with Crippen LogP contribution in [-0.2, 0) is 4.79 Å². The van der Waals surface area contributed by atoms with Crippen molar-refractivity contribution in [2.45, 2.75) is 19.8 Å². The van der Waals surface area contributed by atoms with Crippen molar-refractivity contribution in [1.29, 1.82) is 0 Å². The van der Waals surface area contributed by atoms with Gasteiger partial charge in [-0.2, -0.15) is 0 Å². The highest BCUT2D eigenvalue weighted by Gasteiger charge is 2.25. The molecule has 2 N–H and O–H groups in total. The Kier molecular flexibility index (Phi) is 4.95. The largest absolute Gasteiger partial charge is 0.483 e. The van der Waals surface area contributed by atoms with E-state index in [1.807, 2.05) is 17.0 Å². The summed E-state index contributed by atoms with van der Waals surface area (Å²) in [6.45, 7) is 3.87. The summed E-state index contributed by atoms with van der Waals surface area (Å²) in [7, 11) is 0. The maximum Gasteiger partial charge on any atom is 0.260 e. The third kappa shape index (κ3) is 3.48. The number of amides is 1. The number of carbonyl (C=O) groups is 1. The van der Waals surface area contributed by atoms with Crippen molar-refractivity contribution in [3.8, 4) is 5.75 Å². The van der Waals surface area contributed by atoms with Crippen molar-refractivity contribution in [3.05, 3.63) is 29.8 Å². The first-order chi connectivity index (χ1) is 9.61. The van der Waals surface area contributed by atoms with Gasteiger partial charge in [-0.1, -0.05) is 37.7 Å². The van der Waals surface area contributed by atoms with E-state index in [9.17, 15) is 4.79 Å². The molecule has 20 heavy (non-hydrogen) atoms. The third-order valence-electron chi connectivity index (χ3n) is 3.72. The summed E-state index contributed by atoms with van der Waals surface area (Å²) in [6.07, 6.45) is 2.21. The molecule has 4 nitrogen and oxygen atoms in total. The zero-order valence-corrected chi connectivity index (χ0v) is 12.5.